The van der Waals surface area contributed by atoms with Gasteiger partial charge < -0.3 is 19.7 Å². The summed E-state index contributed by atoms with van der Waals surface area (Å²) in [6, 6.07) is 0. The van der Waals surface area contributed by atoms with E-state index in [1.807, 2.05) is 27.7 Å². The molecule has 0 heterocycles. The third-order valence-corrected chi connectivity index (χ3v) is 6.18. The number of hydrogen-bond donors (Lipinski definition) is 2. The van der Waals surface area contributed by atoms with Gasteiger partial charge in [-0.2, -0.15) is 0 Å². The van der Waals surface area contributed by atoms with Gasteiger partial charge in [0.25, 0.3) is 0 Å². The SMILES string of the molecule is CC(C)OC(C)C.CCCCCCCCCCCCCCCCCCCCCC(=O)OCC(O)CO. The van der Waals surface area contributed by atoms with Crippen molar-refractivity contribution in [1.82, 2.24) is 0 Å². The van der Waals surface area contributed by atoms with Gasteiger partial charge in [0, 0.05) is 6.42 Å². The number of rotatable bonds is 25. The second-order valence-electron chi connectivity index (χ2n) is 10.9. The van der Waals surface area contributed by atoms with Gasteiger partial charge in [-0.15, -0.1) is 0 Å². The molecule has 0 aliphatic heterocycles. The standard InChI is InChI=1S/C25H50O4.C6H14O/c1-2-3-4-5-6-7-8-9-10-11-12-13-14-15-16-17-18-19-20-21-25(28)29-23-24(27)22-26;1-5(2)7-6(3)4/h24,26-27H,2-23H2,1H3;5-6H,1-4H3. The van der Waals surface area contributed by atoms with Crippen LogP contribution in [0, 0.1) is 0 Å². The Morgan fingerprint density at radius 3 is 1.22 bits per heavy atom. The molecule has 0 saturated carbocycles. The van der Waals surface area contributed by atoms with Gasteiger partial charge in [-0.25, -0.2) is 0 Å². The maximum absolute atomic E-state index is 11.4. The smallest absolute Gasteiger partial charge is 0.305 e. The molecular formula is C31H64O5. The van der Waals surface area contributed by atoms with Crippen LogP contribution in [0.5, 0.6) is 0 Å². The molecule has 5 nitrogen and oxygen atoms in total. The maximum atomic E-state index is 11.4. The first-order chi connectivity index (χ1) is 17.3. The van der Waals surface area contributed by atoms with E-state index in [0.29, 0.717) is 18.6 Å². The van der Waals surface area contributed by atoms with E-state index >= 15 is 0 Å². The fourth-order valence-corrected chi connectivity index (χ4v) is 4.21. The van der Waals surface area contributed by atoms with Gasteiger partial charge >= 0.3 is 5.97 Å². The molecule has 0 fully saturated rings. The molecule has 2 N–H and O–H groups in total. The minimum atomic E-state index is -0.955. The molecule has 0 rings (SSSR count). The number of esters is 1. The highest BCUT2D eigenvalue weighted by Gasteiger charge is 2.07. The van der Waals surface area contributed by atoms with Gasteiger partial charge in [-0.3, -0.25) is 4.79 Å². The quantitative estimate of drug-likeness (QED) is 0.0939. The molecule has 0 aromatic heterocycles. The van der Waals surface area contributed by atoms with Gasteiger partial charge in [0.05, 0.1) is 18.8 Å². The number of unbranched alkanes of at least 4 members (excludes halogenated alkanes) is 18. The Kier molecular flexibility index (Phi) is 31.8. The molecule has 0 bridgehead atoms. The van der Waals surface area contributed by atoms with Crippen LogP contribution < -0.4 is 0 Å². The Labute approximate surface area is 225 Å². The van der Waals surface area contributed by atoms with E-state index in [1.165, 1.54) is 109 Å². The summed E-state index contributed by atoms with van der Waals surface area (Å²) >= 11 is 0. The van der Waals surface area contributed by atoms with Crippen molar-refractivity contribution in [3.8, 4) is 0 Å². The highest BCUT2D eigenvalue weighted by Crippen LogP contribution is 2.15. The third-order valence-electron chi connectivity index (χ3n) is 6.18. The van der Waals surface area contributed by atoms with E-state index in [0.717, 1.165) is 12.8 Å². The van der Waals surface area contributed by atoms with Crippen LogP contribution in [0.2, 0.25) is 0 Å². The molecule has 0 aromatic rings. The summed E-state index contributed by atoms with van der Waals surface area (Å²) in [5.74, 6) is -0.274. The normalized spacial score (nSPS) is 12.0. The highest BCUT2D eigenvalue weighted by atomic mass is 16.5. The van der Waals surface area contributed by atoms with E-state index < -0.39 is 6.10 Å². The van der Waals surface area contributed by atoms with Crippen molar-refractivity contribution >= 4 is 5.97 Å². The van der Waals surface area contributed by atoms with Crippen molar-refractivity contribution in [2.75, 3.05) is 13.2 Å². The zero-order valence-electron chi connectivity index (χ0n) is 24.9. The van der Waals surface area contributed by atoms with Crippen LogP contribution in [-0.4, -0.2) is 47.7 Å². The first-order valence-corrected chi connectivity index (χ1v) is 15.4. The number of aliphatic hydroxyl groups excluding tert-OH is 2. The van der Waals surface area contributed by atoms with E-state index in [-0.39, 0.29) is 19.2 Å². The van der Waals surface area contributed by atoms with Crippen molar-refractivity contribution in [2.45, 2.75) is 181 Å². The summed E-state index contributed by atoms with van der Waals surface area (Å²) in [7, 11) is 0. The van der Waals surface area contributed by atoms with Crippen LogP contribution in [0.1, 0.15) is 163 Å². The van der Waals surface area contributed by atoms with Gasteiger partial charge in [0.2, 0.25) is 0 Å². The van der Waals surface area contributed by atoms with Crippen molar-refractivity contribution in [1.29, 1.82) is 0 Å². The number of aliphatic hydroxyl groups is 2. The van der Waals surface area contributed by atoms with E-state index in [9.17, 15) is 4.79 Å². The Morgan fingerprint density at radius 2 is 0.944 bits per heavy atom. The minimum Gasteiger partial charge on any atom is -0.463 e. The van der Waals surface area contributed by atoms with Crippen LogP contribution in [-0.2, 0) is 14.3 Å². The lowest BCUT2D eigenvalue weighted by atomic mass is 10.0. The summed E-state index contributed by atoms with van der Waals surface area (Å²) in [5.41, 5.74) is 0. The second-order valence-corrected chi connectivity index (χ2v) is 10.9. The molecule has 0 aliphatic rings. The Balaban J connectivity index is 0. The topological polar surface area (TPSA) is 76.0 Å². The number of carbonyl (C=O) groups is 1. The van der Waals surface area contributed by atoms with Crippen molar-refractivity contribution < 1.29 is 24.5 Å². The summed E-state index contributed by atoms with van der Waals surface area (Å²) in [4.78, 5) is 11.4. The molecule has 0 spiro atoms. The molecule has 0 aliphatic carbocycles. The highest BCUT2D eigenvalue weighted by molar-refractivity contribution is 5.69. The monoisotopic (exact) mass is 516 g/mol. The average Bonchev–Trinajstić information content (AvgIpc) is 2.83. The lowest BCUT2D eigenvalue weighted by molar-refractivity contribution is -0.147. The lowest BCUT2D eigenvalue weighted by Crippen LogP contribution is -2.21. The van der Waals surface area contributed by atoms with Crippen LogP contribution in [0.4, 0.5) is 0 Å². The number of ether oxygens (including phenoxy) is 2. The van der Waals surface area contributed by atoms with Crippen LogP contribution in [0.15, 0.2) is 0 Å². The summed E-state index contributed by atoms with van der Waals surface area (Å²) < 4.78 is 10.1. The minimum absolute atomic E-state index is 0.103. The Hall–Kier alpha value is -0.650. The Morgan fingerprint density at radius 1 is 0.611 bits per heavy atom. The number of carbonyl (C=O) groups excluding carboxylic acids is 1. The first-order valence-electron chi connectivity index (χ1n) is 15.4. The summed E-state index contributed by atoms with van der Waals surface area (Å²) in [6.07, 6.45) is 25.6. The largest absolute Gasteiger partial charge is 0.463 e. The van der Waals surface area contributed by atoms with Crippen LogP contribution in [0.3, 0.4) is 0 Å². The predicted octanol–water partition coefficient (Wildman–Crippen LogP) is 8.52. The molecule has 0 amide bonds. The van der Waals surface area contributed by atoms with E-state index in [1.54, 1.807) is 0 Å². The Bertz CT molecular complexity index is 419. The van der Waals surface area contributed by atoms with Gasteiger partial charge in [0.15, 0.2) is 0 Å². The third kappa shape index (κ3) is 35.5. The maximum Gasteiger partial charge on any atom is 0.305 e. The van der Waals surface area contributed by atoms with Crippen molar-refractivity contribution in [2.24, 2.45) is 0 Å². The molecule has 218 valence electrons. The van der Waals surface area contributed by atoms with Crippen LogP contribution >= 0.6 is 0 Å². The molecule has 0 saturated heterocycles. The van der Waals surface area contributed by atoms with Gasteiger partial charge in [-0.1, -0.05) is 122 Å². The predicted molar refractivity (Wildman–Crippen MR) is 153 cm³/mol. The molecule has 1 atom stereocenters. The van der Waals surface area contributed by atoms with Crippen LogP contribution in [0.25, 0.3) is 0 Å². The molecular weight excluding hydrogens is 452 g/mol. The summed E-state index contributed by atoms with van der Waals surface area (Å²) in [5, 5.41) is 17.8. The molecule has 1 unspecified atom stereocenters. The van der Waals surface area contributed by atoms with Gasteiger partial charge in [0.1, 0.15) is 12.7 Å². The molecule has 0 radical (unpaired) electrons. The van der Waals surface area contributed by atoms with Gasteiger partial charge in [-0.05, 0) is 34.1 Å². The van der Waals surface area contributed by atoms with Crippen molar-refractivity contribution in [3.63, 3.8) is 0 Å². The first kappa shape index (κ1) is 37.5. The number of hydrogen-bond acceptors (Lipinski definition) is 5. The van der Waals surface area contributed by atoms with E-state index in [4.69, 9.17) is 19.7 Å². The second kappa shape index (κ2) is 30.6. The molecule has 36 heavy (non-hydrogen) atoms. The summed E-state index contributed by atoms with van der Waals surface area (Å²) in [6.45, 7) is 9.97. The zero-order chi connectivity index (χ0) is 27.3. The molecule has 0 aromatic carbocycles. The van der Waals surface area contributed by atoms with Crippen molar-refractivity contribution in [3.05, 3.63) is 0 Å². The lowest BCUT2D eigenvalue weighted by Gasteiger charge is -2.09. The molecule has 5 heteroatoms. The average molecular weight is 517 g/mol. The fourth-order valence-electron chi connectivity index (χ4n) is 4.21. The fraction of sp³-hybridized carbons (Fsp3) is 0.968. The zero-order valence-corrected chi connectivity index (χ0v) is 24.9. The van der Waals surface area contributed by atoms with E-state index in [2.05, 4.69) is 6.92 Å².